The van der Waals surface area contributed by atoms with Crippen molar-refractivity contribution in [1.82, 2.24) is 4.90 Å². The average Bonchev–Trinajstić information content (AvgIpc) is 2.26. The van der Waals surface area contributed by atoms with E-state index >= 15 is 0 Å². The van der Waals surface area contributed by atoms with Gasteiger partial charge in [0.1, 0.15) is 9.98 Å². The van der Waals surface area contributed by atoms with Crippen LogP contribution in [0.4, 0.5) is 0 Å². The van der Waals surface area contributed by atoms with Crippen molar-refractivity contribution < 1.29 is 9.47 Å². The predicted molar refractivity (Wildman–Crippen MR) is 73.9 cm³/mol. The Balaban J connectivity index is 4.05. The molecule has 2 N–H and O–H groups in total. The van der Waals surface area contributed by atoms with E-state index in [1.54, 1.807) is 14.2 Å². The van der Waals surface area contributed by atoms with E-state index in [2.05, 4.69) is 0 Å². The molecule has 0 saturated heterocycles. The first-order chi connectivity index (χ1) is 7.63. The van der Waals surface area contributed by atoms with Crippen molar-refractivity contribution in [2.75, 3.05) is 40.5 Å². The van der Waals surface area contributed by atoms with Crippen molar-refractivity contribution >= 4 is 34.4 Å². The topological polar surface area (TPSA) is 47.7 Å². The van der Waals surface area contributed by atoms with Gasteiger partial charge < -0.3 is 20.1 Å². The Hall–Kier alpha value is -0.300. The van der Waals surface area contributed by atoms with Crippen molar-refractivity contribution in [2.24, 2.45) is 5.73 Å². The van der Waals surface area contributed by atoms with Gasteiger partial charge in [-0.3, -0.25) is 0 Å². The second-order valence-corrected chi connectivity index (χ2v) is 4.18. The van der Waals surface area contributed by atoms with E-state index in [0.717, 1.165) is 25.9 Å². The molecule has 6 heteroatoms. The molecule has 0 heterocycles. The minimum Gasteiger partial charge on any atom is -0.388 e. The Kier molecular flexibility index (Phi) is 9.71. The average molecular weight is 264 g/mol. The fourth-order valence-electron chi connectivity index (χ4n) is 1.27. The molecular formula is C10H20N2O2S2. The third-order valence-corrected chi connectivity index (χ3v) is 2.85. The van der Waals surface area contributed by atoms with E-state index in [9.17, 15) is 0 Å². The van der Waals surface area contributed by atoms with Crippen LogP contribution >= 0.6 is 24.4 Å². The van der Waals surface area contributed by atoms with Crippen LogP contribution in [0.2, 0.25) is 0 Å². The van der Waals surface area contributed by atoms with Crippen LogP contribution in [-0.4, -0.2) is 55.4 Å². The van der Waals surface area contributed by atoms with E-state index < -0.39 is 0 Å². The van der Waals surface area contributed by atoms with Crippen LogP contribution in [0.5, 0.6) is 0 Å². The summed E-state index contributed by atoms with van der Waals surface area (Å²) in [6.07, 6.45) is 1.82. The molecule has 0 aromatic carbocycles. The quantitative estimate of drug-likeness (QED) is 0.521. The van der Waals surface area contributed by atoms with Crippen molar-refractivity contribution in [3.05, 3.63) is 0 Å². The molecule has 0 aliphatic carbocycles. The second kappa shape index (κ2) is 9.89. The van der Waals surface area contributed by atoms with Crippen molar-refractivity contribution in [3.8, 4) is 0 Å². The smallest absolute Gasteiger partial charge is 0.136 e. The first-order valence-corrected chi connectivity index (χ1v) is 6.01. The van der Waals surface area contributed by atoms with E-state index in [-0.39, 0.29) is 4.99 Å². The van der Waals surface area contributed by atoms with Gasteiger partial charge in [0.15, 0.2) is 0 Å². The van der Waals surface area contributed by atoms with Crippen LogP contribution in [0.1, 0.15) is 12.8 Å². The highest BCUT2D eigenvalue weighted by Crippen LogP contribution is 1.99. The molecule has 0 aromatic heterocycles. The molecule has 0 bridgehead atoms. The summed E-state index contributed by atoms with van der Waals surface area (Å²) in [5.74, 6) is 0. The second-order valence-electron chi connectivity index (χ2n) is 3.35. The highest BCUT2D eigenvalue weighted by Gasteiger charge is 2.11. The van der Waals surface area contributed by atoms with Crippen LogP contribution in [0.15, 0.2) is 0 Å². The molecule has 0 amide bonds. The van der Waals surface area contributed by atoms with Gasteiger partial charge >= 0.3 is 0 Å². The standard InChI is InChI=1S/C10H20N2O2S2/c1-13-7-3-5-12(6-4-8-14-2)10(16)9(11)15/h3-8H2,1-2H3,(H2,11,15). The zero-order valence-electron chi connectivity index (χ0n) is 9.90. The van der Waals surface area contributed by atoms with Crippen molar-refractivity contribution in [3.63, 3.8) is 0 Å². The number of hydrogen-bond donors (Lipinski definition) is 1. The Morgan fingerprint density at radius 1 is 1.06 bits per heavy atom. The first kappa shape index (κ1) is 15.7. The molecule has 4 nitrogen and oxygen atoms in total. The molecular weight excluding hydrogens is 244 g/mol. The third kappa shape index (κ3) is 7.05. The normalized spacial score (nSPS) is 10.1. The summed E-state index contributed by atoms with van der Waals surface area (Å²) in [4.78, 5) is 2.85. The molecule has 16 heavy (non-hydrogen) atoms. The molecule has 0 rings (SSSR count). The van der Waals surface area contributed by atoms with Gasteiger partial charge in [-0.05, 0) is 12.8 Å². The monoisotopic (exact) mass is 264 g/mol. The molecule has 94 valence electrons. The van der Waals surface area contributed by atoms with E-state index in [4.69, 9.17) is 39.6 Å². The van der Waals surface area contributed by atoms with Crippen LogP contribution in [0.25, 0.3) is 0 Å². The Morgan fingerprint density at radius 2 is 1.50 bits per heavy atom. The SMILES string of the molecule is COCCCN(CCCOC)C(=S)C(N)=S. The van der Waals surface area contributed by atoms with E-state index in [0.29, 0.717) is 18.2 Å². The Bertz CT molecular complexity index is 215. The van der Waals surface area contributed by atoms with Gasteiger partial charge in [0.2, 0.25) is 0 Å². The lowest BCUT2D eigenvalue weighted by atomic mass is 10.3. The first-order valence-electron chi connectivity index (χ1n) is 5.20. The van der Waals surface area contributed by atoms with Gasteiger partial charge in [0, 0.05) is 40.5 Å². The molecule has 0 saturated carbocycles. The summed E-state index contributed by atoms with van der Waals surface area (Å²) in [6.45, 7) is 3.04. The van der Waals surface area contributed by atoms with E-state index in [1.165, 1.54) is 0 Å². The van der Waals surface area contributed by atoms with E-state index in [1.807, 2.05) is 4.90 Å². The highest BCUT2D eigenvalue weighted by molar-refractivity contribution is 7.89. The lowest BCUT2D eigenvalue weighted by Gasteiger charge is -2.24. The maximum atomic E-state index is 5.53. The number of hydrogen-bond acceptors (Lipinski definition) is 4. The fourth-order valence-corrected chi connectivity index (χ4v) is 1.58. The van der Waals surface area contributed by atoms with Gasteiger partial charge in [0.25, 0.3) is 0 Å². The summed E-state index contributed by atoms with van der Waals surface area (Å²) >= 11 is 10.1. The molecule has 0 radical (unpaired) electrons. The fraction of sp³-hybridized carbons (Fsp3) is 0.800. The third-order valence-electron chi connectivity index (χ3n) is 2.05. The molecule has 0 atom stereocenters. The largest absolute Gasteiger partial charge is 0.388 e. The molecule has 0 fully saturated rings. The number of nitrogens with zero attached hydrogens (tertiary/aromatic N) is 1. The van der Waals surface area contributed by atoms with Crippen LogP contribution < -0.4 is 5.73 Å². The van der Waals surface area contributed by atoms with Crippen molar-refractivity contribution in [2.45, 2.75) is 12.8 Å². The van der Waals surface area contributed by atoms with Gasteiger partial charge in [-0.1, -0.05) is 24.4 Å². The lowest BCUT2D eigenvalue weighted by molar-refractivity contribution is 0.174. The summed E-state index contributed by atoms with van der Waals surface area (Å²) in [5, 5.41) is 0. The summed E-state index contributed by atoms with van der Waals surface area (Å²) in [7, 11) is 3.36. The van der Waals surface area contributed by atoms with Crippen molar-refractivity contribution in [1.29, 1.82) is 0 Å². The van der Waals surface area contributed by atoms with Gasteiger partial charge in [-0.25, -0.2) is 0 Å². The summed E-state index contributed by atoms with van der Waals surface area (Å²) < 4.78 is 10.00. The maximum absolute atomic E-state index is 5.53. The molecule has 0 aliphatic rings. The molecule has 0 unspecified atom stereocenters. The number of thiocarbonyl (C=S) groups is 2. The number of methoxy groups -OCH3 is 2. The Labute approximate surface area is 108 Å². The molecule has 0 spiro atoms. The minimum atomic E-state index is 0.282. The number of rotatable bonds is 8. The summed E-state index contributed by atoms with van der Waals surface area (Å²) in [5.41, 5.74) is 5.53. The lowest BCUT2D eigenvalue weighted by Crippen LogP contribution is -2.39. The predicted octanol–water partition coefficient (Wildman–Crippen LogP) is 0.975. The zero-order valence-corrected chi connectivity index (χ0v) is 11.5. The van der Waals surface area contributed by atoms with Gasteiger partial charge in [0.05, 0.1) is 0 Å². The zero-order chi connectivity index (χ0) is 12.4. The van der Waals surface area contributed by atoms with Crippen LogP contribution in [0.3, 0.4) is 0 Å². The van der Waals surface area contributed by atoms with Crippen LogP contribution in [0, 0.1) is 0 Å². The minimum absolute atomic E-state index is 0.282. The molecule has 0 aliphatic heterocycles. The van der Waals surface area contributed by atoms with Crippen LogP contribution in [-0.2, 0) is 9.47 Å². The maximum Gasteiger partial charge on any atom is 0.136 e. The Morgan fingerprint density at radius 3 is 1.81 bits per heavy atom. The van der Waals surface area contributed by atoms with Gasteiger partial charge in [-0.2, -0.15) is 0 Å². The number of nitrogens with two attached hydrogens (primary N) is 1. The summed E-state index contributed by atoms with van der Waals surface area (Å²) in [6, 6.07) is 0. The highest BCUT2D eigenvalue weighted by atomic mass is 32.1. The molecule has 0 aromatic rings. The number of ether oxygens (including phenoxy) is 2. The van der Waals surface area contributed by atoms with Gasteiger partial charge in [-0.15, -0.1) is 0 Å².